The van der Waals surface area contributed by atoms with Crippen molar-refractivity contribution >= 4 is 17.3 Å². The van der Waals surface area contributed by atoms with Crippen molar-refractivity contribution in [2.75, 3.05) is 0 Å². The van der Waals surface area contributed by atoms with Gasteiger partial charge in [0.2, 0.25) is 6.29 Å². The fourth-order valence-corrected chi connectivity index (χ4v) is 3.23. The predicted octanol–water partition coefficient (Wildman–Crippen LogP) is 5.13. The Hall–Kier alpha value is -3.07. The molecule has 6 heteroatoms. The van der Waals surface area contributed by atoms with Gasteiger partial charge in [0.05, 0.1) is 5.69 Å². The molecule has 0 radical (unpaired) electrons. The first-order valence-corrected chi connectivity index (χ1v) is 10.1. The van der Waals surface area contributed by atoms with E-state index in [9.17, 15) is 10.1 Å². The van der Waals surface area contributed by atoms with Crippen LogP contribution in [0.15, 0.2) is 24.3 Å². The highest BCUT2D eigenvalue weighted by Crippen LogP contribution is 2.33. The number of benzene rings is 1. The normalized spacial score (nSPS) is 13.3. The molecule has 0 amide bonds. The van der Waals surface area contributed by atoms with Gasteiger partial charge in [-0.15, -0.1) is 0 Å². The van der Waals surface area contributed by atoms with Gasteiger partial charge >= 0.3 is 5.97 Å². The number of hydrogen-bond donors (Lipinski definition) is 0. The number of rotatable bonds is 6. The van der Waals surface area contributed by atoms with Crippen LogP contribution in [0, 0.1) is 25.2 Å². The van der Waals surface area contributed by atoms with Gasteiger partial charge in [0, 0.05) is 26.0 Å². The molecular weight excluding hydrogens is 378 g/mol. The van der Waals surface area contributed by atoms with Crippen LogP contribution in [0.2, 0.25) is 0 Å². The van der Waals surface area contributed by atoms with E-state index in [-0.39, 0.29) is 5.41 Å². The molecule has 0 fully saturated rings. The molecule has 0 saturated heterocycles. The van der Waals surface area contributed by atoms with E-state index in [4.69, 9.17) is 9.47 Å². The minimum absolute atomic E-state index is 0.00670. The number of hydrogen-bond acceptors (Lipinski definition) is 5. The molecule has 0 aliphatic carbocycles. The van der Waals surface area contributed by atoms with E-state index >= 15 is 0 Å². The second-order valence-electron chi connectivity index (χ2n) is 8.31. The molecule has 1 unspecified atom stereocenters. The number of carbonyl (C=O) groups is 1. The zero-order chi connectivity index (χ0) is 22.6. The molecule has 2 rings (SSSR count). The average molecular weight is 410 g/mol. The Balaban J connectivity index is 2.70. The van der Waals surface area contributed by atoms with Gasteiger partial charge in [-0.05, 0) is 37.3 Å². The minimum Gasteiger partial charge on any atom is -0.451 e. The Kier molecular flexibility index (Phi) is 7.09. The van der Waals surface area contributed by atoms with Crippen LogP contribution in [0.5, 0.6) is 0 Å². The highest BCUT2D eigenvalue weighted by atomic mass is 16.7. The van der Waals surface area contributed by atoms with Gasteiger partial charge in [0.15, 0.2) is 5.76 Å². The van der Waals surface area contributed by atoms with Gasteiger partial charge < -0.3 is 9.47 Å². The van der Waals surface area contributed by atoms with Crippen molar-refractivity contribution in [2.45, 2.75) is 73.6 Å². The van der Waals surface area contributed by atoms with Crippen LogP contribution in [-0.2, 0) is 26.2 Å². The summed E-state index contributed by atoms with van der Waals surface area (Å²) in [6.07, 6.45) is -0.852. The SMILES string of the molecule is CCn1nc(C)c(C)c1/C(OC(C)OC(C)=O)=C(\C#N)c1ccc(C(C)(C)C)cc1. The van der Waals surface area contributed by atoms with Gasteiger partial charge in [0.25, 0.3) is 0 Å². The second-order valence-corrected chi connectivity index (χ2v) is 8.31. The molecule has 0 N–H and O–H groups in total. The third-order valence-electron chi connectivity index (χ3n) is 4.94. The summed E-state index contributed by atoms with van der Waals surface area (Å²) in [7, 11) is 0. The number of nitriles is 1. The van der Waals surface area contributed by atoms with Gasteiger partial charge in [0.1, 0.15) is 17.3 Å². The van der Waals surface area contributed by atoms with Crippen molar-refractivity contribution < 1.29 is 14.3 Å². The summed E-state index contributed by atoms with van der Waals surface area (Å²) in [4.78, 5) is 11.4. The van der Waals surface area contributed by atoms with Crippen molar-refractivity contribution in [2.24, 2.45) is 0 Å². The molecule has 30 heavy (non-hydrogen) atoms. The fraction of sp³-hybridized carbons (Fsp3) is 0.458. The predicted molar refractivity (Wildman–Crippen MR) is 117 cm³/mol. The van der Waals surface area contributed by atoms with Crippen molar-refractivity contribution in [3.63, 3.8) is 0 Å². The summed E-state index contributed by atoms with van der Waals surface area (Å²) < 4.78 is 13.0. The molecule has 1 heterocycles. The maximum absolute atomic E-state index is 11.4. The first kappa shape index (κ1) is 23.2. The van der Waals surface area contributed by atoms with E-state index in [1.54, 1.807) is 11.6 Å². The zero-order valence-corrected chi connectivity index (χ0v) is 19.2. The molecule has 2 aromatic rings. The minimum atomic E-state index is -0.852. The molecule has 0 aliphatic rings. The zero-order valence-electron chi connectivity index (χ0n) is 19.2. The van der Waals surface area contributed by atoms with E-state index in [2.05, 4.69) is 31.9 Å². The summed E-state index contributed by atoms with van der Waals surface area (Å²) in [5.74, 6) is -0.0958. The number of aryl methyl sites for hydroxylation is 2. The number of aromatic nitrogens is 2. The monoisotopic (exact) mass is 409 g/mol. The first-order chi connectivity index (χ1) is 14.0. The first-order valence-electron chi connectivity index (χ1n) is 10.1. The van der Waals surface area contributed by atoms with Crippen LogP contribution < -0.4 is 0 Å². The lowest BCUT2D eigenvalue weighted by Crippen LogP contribution is -2.18. The Labute approximate surface area is 179 Å². The molecule has 160 valence electrons. The smallest absolute Gasteiger partial charge is 0.305 e. The van der Waals surface area contributed by atoms with Crippen molar-refractivity contribution in [1.82, 2.24) is 9.78 Å². The van der Waals surface area contributed by atoms with Gasteiger partial charge in [-0.2, -0.15) is 10.4 Å². The standard InChI is InChI=1S/C24H31N3O3/c1-9-27-22(15(2)16(3)26-27)23(30-18(5)29-17(4)28)21(14-25)19-10-12-20(13-11-19)24(6,7)8/h10-13,18H,9H2,1-8H3/b23-21-. The molecule has 0 spiro atoms. The van der Waals surface area contributed by atoms with E-state index in [1.165, 1.54) is 12.5 Å². The molecule has 1 aromatic carbocycles. The lowest BCUT2D eigenvalue weighted by molar-refractivity contribution is -0.161. The summed E-state index contributed by atoms with van der Waals surface area (Å²) in [6, 6.07) is 10.2. The molecule has 1 atom stereocenters. The Morgan fingerprint density at radius 1 is 1.20 bits per heavy atom. The van der Waals surface area contributed by atoms with Gasteiger partial charge in [-0.3, -0.25) is 9.48 Å². The fourth-order valence-electron chi connectivity index (χ4n) is 3.23. The molecule has 0 aliphatic heterocycles. The third kappa shape index (κ3) is 5.10. The van der Waals surface area contributed by atoms with Crippen LogP contribution in [0.4, 0.5) is 0 Å². The van der Waals surface area contributed by atoms with Crippen molar-refractivity contribution in [1.29, 1.82) is 5.26 Å². The van der Waals surface area contributed by atoms with Gasteiger partial charge in [-0.1, -0.05) is 45.0 Å². The summed E-state index contributed by atoms with van der Waals surface area (Å²) in [6.45, 7) is 15.8. The van der Waals surface area contributed by atoms with E-state index < -0.39 is 12.3 Å². The maximum atomic E-state index is 11.4. The number of ether oxygens (including phenoxy) is 2. The quantitative estimate of drug-likeness (QED) is 0.286. The van der Waals surface area contributed by atoms with Crippen LogP contribution in [-0.4, -0.2) is 22.0 Å². The lowest BCUT2D eigenvalue weighted by atomic mass is 9.86. The topological polar surface area (TPSA) is 77.1 Å². The van der Waals surface area contributed by atoms with Crippen LogP contribution in [0.1, 0.15) is 69.6 Å². The largest absolute Gasteiger partial charge is 0.451 e. The summed E-state index contributed by atoms with van der Waals surface area (Å²) in [5, 5.41) is 14.6. The molecule has 0 saturated carbocycles. The van der Waals surface area contributed by atoms with Crippen molar-refractivity contribution in [3.05, 3.63) is 52.3 Å². The van der Waals surface area contributed by atoms with E-state index in [1.807, 2.05) is 45.0 Å². The van der Waals surface area contributed by atoms with Gasteiger partial charge in [-0.25, -0.2) is 0 Å². The number of carbonyl (C=O) groups excluding carboxylic acids is 1. The maximum Gasteiger partial charge on any atom is 0.305 e. The lowest BCUT2D eigenvalue weighted by Gasteiger charge is -2.21. The Morgan fingerprint density at radius 2 is 1.80 bits per heavy atom. The van der Waals surface area contributed by atoms with Crippen LogP contribution in [0.3, 0.4) is 0 Å². The Morgan fingerprint density at radius 3 is 2.27 bits per heavy atom. The molecule has 1 aromatic heterocycles. The molecular formula is C24H31N3O3. The van der Waals surface area contributed by atoms with E-state index in [0.717, 1.165) is 16.8 Å². The molecule has 0 bridgehead atoms. The highest BCUT2D eigenvalue weighted by molar-refractivity contribution is 5.94. The van der Waals surface area contributed by atoms with Crippen molar-refractivity contribution in [3.8, 4) is 6.07 Å². The summed E-state index contributed by atoms with van der Waals surface area (Å²) in [5.41, 5.74) is 4.76. The number of allylic oxidation sites excluding steroid dienone is 1. The highest BCUT2D eigenvalue weighted by Gasteiger charge is 2.24. The molecule has 6 nitrogen and oxygen atoms in total. The van der Waals surface area contributed by atoms with Crippen LogP contribution in [0.25, 0.3) is 11.3 Å². The third-order valence-corrected chi connectivity index (χ3v) is 4.94. The number of nitrogens with zero attached hydrogens (tertiary/aromatic N) is 3. The van der Waals surface area contributed by atoms with Crippen LogP contribution >= 0.6 is 0 Å². The average Bonchev–Trinajstić information content (AvgIpc) is 2.94. The number of esters is 1. The second kappa shape index (κ2) is 9.17. The van der Waals surface area contributed by atoms with E-state index in [0.29, 0.717) is 23.6 Å². The summed E-state index contributed by atoms with van der Waals surface area (Å²) >= 11 is 0. The Bertz CT molecular complexity index is 986.